The molecule has 0 aromatic carbocycles. The molecule has 0 radical (unpaired) electrons. The molecule has 0 heterocycles. The molecule has 5 heteroatoms. The SMILES string of the molecule is CC1(NCCSC(F)(F)F)CC1. The average Bonchev–Trinajstić information content (AvgIpc) is 2.60. The third-order valence-corrected chi connectivity index (χ3v) is 2.66. The molecule has 1 fully saturated rings. The lowest BCUT2D eigenvalue weighted by molar-refractivity contribution is -0.0327. The maximum atomic E-state index is 11.6. The van der Waals surface area contributed by atoms with Gasteiger partial charge in [-0.3, -0.25) is 0 Å². The summed E-state index contributed by atoms with van der Waals surface area (Å²) in [7, 11) is 0. The quantitative estimate of drug-likeness (QED) is 0.698. The maximum Gasteiger partial charge on any atom is 0.441 e. The van der Waals surface area contributed by atoms with E-state index in [0.29, 0.717) is 6.54 Å². The Balaban J connectivity index is 1.96. The molecule has 0 aliphatic heterocycles. The second-order valence-corrected chi connectivity index (χ2v) is 4.44. The van der Waals surface area contributed by atoms with Crippen LogP contribution in [0.5, 0.6) is 0 Å². The van der Waals surface area contributed by atoms with Crippen molar-refractivity contribution in [3.8, 4) is 0 Å². The highest BCUT2D eigenvalue weighted by Gasteiger charge is 2.36. The van der Waals surface area contributed by atoms with E-state index in [0.717, 1.165) is 12.8 Å². The van der Waals surface area contributed by atoms with Crippen LogP contribution in [0.2, 0.25) is 0 Å². The number of alkyl halides is 3. The monoisotopic (exact) mass is 199 g/mol. The summed E-state index contributed by atoms with van der Waals surface area (Å²) in [6, 6.07) is 0. The van der Waals surface area contributed by atoms with Crippen molar-refractivity contribution < 1.29 is 13.2 Å². The topological polar surface area (TPSA) is 12.0 Å². The highest BCUT2D eigenvalue weighted by Crippen LogP contribution is 2.34. The lowest BCUT2D eigenvalue weighted by atomic mass is 10.3. The minimum Gasteiger partial charge on any atom is -0.311 e. The van der Waals surface area contributed by atoms with Crippen molar-refractivity contribution in [1.29, 1.82) is 0 Å². The molecule has 1 saturated carbocycles. The van der Waals surface area contributed by atoms with E-state index in [1.165, 1.54) is 0 Å². The summed E-state index contributed by atoms with van der Waals surface area (Å²) in [5, 5.41) is 3.08. The van der Waals surface area contributed by atoms with E-state index in [-0.39, 0.29) is 23.1 Å². The highest BCUT2D eigenvalue weighted by atomic mass is 32.2. The smallest absolute Gasteiger partial charge is 0.311 e. The van der Waals surface area contributed by atoms with Gasteiger partial charge in [0.2, 0.25) is 0 Å². The first kappa shape index (κ1) is 10.2. The summed E-state index contributed by atoms with van der Waals surface area (Å²) < 4.78 is 34.9. The van der Waals surface area contributed by atoms with Gasteiger partial charge in [0.15, 0.2) is 0 Å². The zero-order valence-electron chi connectivity index (χ0n) is 6.87. The summed E-state index contributed by atoms with van der Waals surface area (Å²) in [6.07, 6.45) is 2.17. The number of hydrogen-bond acceptors (Lipinski definition) is 2. The van der Waals surface area contributed by atoms with Gasteiger partial charge < -0.3 is 5.32 Å². The Morgan fingerprint density at radius 1 is 1.42 bits per heavy atom. The second kappa shape index (κ2) is 3.46. The van der Waals surface area contributed by atoms with E-state index in [4.69, 9.17) is 0 Å². The van der Waals surface area contributed by atoms with Crippen LogP contribution in [0.1, 0.15) is 19.8 Å². The first-order valence-corrected chi connectivity index (χ1v) is 4.86. The molecule has 0 unspecified atom stereocenters. The average molecular weight is 199 g/mol. The van der Waals surface area contributed by atoms with Crippen molar-refractivity contribution in [3.63, 3.8) is 0 Å². The molecule has 0 bridgehead atoms. The van der Waals surface area contributed by atoms with Crippen molar-refractivity contribution >= 4 is 11.8 Å². The van der Waals surface area contributed by atoms with Crippen LogP contribution in [0.4, 0.5) is 13.2 Å². The number of hydrogen-bond donors (Lipinski definition) is 1. The summed E-state index contributed by atoms with van der Waals surface area (Å²) >= 11 is 0.0395. The zero-order chi connectivity index (χ0) is 9.24. The number of halogens is 3. The second-order valence-electron chi connectivity index (χ2n) is 3.28. The lowest BCUT2D eigenvalue weighted by Gasteiger charge is -2.11. The van der Waals surface area contributed by atoms with Crippen LogP contribution in [-0.2, 0) is 0 Å². The van der Waals surface area contributed by atoms with Crippen molar-refractivity contribution in [2.75, 3.05) is 12.3 Å². The van der Waals surface area contributed by atoms with Gasteiger partial charge in [-0.2, -0.15) is 13.2 Å². The van der Waals surface area contributed by atoms with Crippen LogP contribution in [0.25, 0.3) is 0 Å². The molecular formula is C7H12F3NS. The Morgan fingerprint density at radius 3 is 2.42 bits per heavy atom. The summed E-state index contributed by atoms with van der Waals surface area (Å²) in [6.45, 7) is 2.48. The van der Waals surface area contributed by atoms with Gasteiger partial charge in [0.05, 0.1) is 0 Å². The molecule has 12 heavy (non-hydrogen) atoms. The molecule has 1 aliphatic carbocycles. The van der Waals surface area contributed by atoms with Gasteiger partial charge >= 0.3 is 5.51 Å². The van der Waals surface area contributed by atoms with Gasteiger partial charge in [-0.1, -0.05) is 0 Å². The van der Waals surface area contributed by atoms with Gasteiger partial charge in [-0.25, -0.2) is 0 Å². The molecule has 72 valence electrons. The van der Waals surface area contributed by atoms with Crippen LogP contribution in [0.15, 0.2) is 0 Å². The van der Waals surface area contributed by atoms with E-state index < -0.39 is 5.51 Å². The van der Waals surface area contributed by atoms with Gasteiger partial charge in [0.1, 0.15) is 0 Å². The summed E-state index contributed by atoms with van der Waals surface area (Å²) in [5.41, 5.74) is -3.93. The normalized spacial score (nSPS) is 21.0. The van der Waals surface area contributed by atoms with Crippen LogP contribution in [0.3, 0.4) is 0 Å². The lowest BCUT2D eigenvalue weighted by Crippen LogP contribution is -2.30. The fourth-order valence-corrected chi connectivity index (χ4v) is 1.32. The summed E-state index contributed by atoms with van der Waals surface area (Å²) in [5.74, 6) is 0.110. The minimum atomic E-state index is -4.08. The third-order valence-electron chi connectivity index (χ3n) is 1.92. The number of thioether (sulfide) groups is 1. The molecule has 1 rings (SSSR count). The van der Waals surface area contributed by atoms with Crippen molar-refractivity contribution in [2.45, 2.75) is 30.8 Å². The fourth-order valence-electron chi connectivity index (χ4n) is 0.884. The highest BCUT2D eigenvalue weighted by molar-refractivity contribution is 8.00. The molecule has 1 nitrogen and oxygen atoms in total. The molecule has 1 aliphatic rings. The van der Waals surface area contributed by atoms with E-state index in [2.05, 4.69) is 5.32 Å². The van der Waals surface area contributed by atoms with Gasteiger partial charge in [0, 0.05) is 17.8 Å². The molecule has 0 saturated heterocycles. The number of rotatable bonds is 4. The summed E-state index contributed by atoms with van der Waals surface area (Å²) in [4.78, 5) is 0. The Morgan fingerprint density at radius 2 is 2.00 bits per heavy atom. The van der Waals surface area contributed by atoms with Gasteiger partial charge in [0.25, 0.3) is 0 Å². The predicted molar refractivity (Wildman–Crippen MR) is 44.2 cm³/mol. The van der Waals surface area contributed by atoms with Gasteiger partial charge in [-0.15, -0.1) is 0 Å². The van der Waals surface area contributed by atoms with Crippen LogP contribution >= 0.6 is 11.8 Å². The largest absolute Gasteiger partial charge is 0.441 e. The van der Waals surface area contributed by atoms with E-state index in [1.54, 1.807) is 0 Å². The Kier molecular flexibility index (Phi) is 2.93. The van der Waals surface area contributed by atoms with Crippen molar-refractivity contribution in [1.82, 2.24) is 5.32 Å². The molecule has 0 spiro atoms. The molecule has 1 N–H and O–H groups in total. The van der Waals surface area contributed by atoms with E-state index in [1.807, 2.05) is 6.92 Å². The molecule has 0 aromatic rings. The van der Waals surface area contributed by atoms with Crippen LogP contribution in [-0.4, -0.2) is 23.3 Å². The Labute approximate surface area is 74.1 Å². The van der Waals surface area contributed by atoms with Gasteiger partial charge in [-0.05, 0) is 31.5 Å². The van der Waals surface area contributed by atoms with Crippen LogP contribution < -0.4 is 5.32 Å². The van der Waals surface area contributed by atoms with E-state index >= 15 is 0 Å². The zero-order valence-corrected chi connectivity index (χ0v) is 7.69. The minimum absolute atomic E-state index is 0.0395. The first-order chi connectivity index (χ1) is 5.41. The van der Waals surface area contributed by atoms with Crippen molar-refractivity contribution in [2.24, 2.45) is 0 Å². The molecule has 0 amide bonds. The standard InChI is InChI=1S/C7H12F3NS/c1-6(2-3-6)11-4-5-12-7(8,9)10/h11H,2-5H2,1H3. The Hall–Kier alpha value is 0.100. The Bertz CT molecular complexity index is 146. The molecule has 0 atom stereocenters. The molecule has 0 aromatic heterocycles. The maximum absolute atomic E-state index is 11.6. The third kappa shape index (κ3) is 4.21. The van der Waals surface area contributed by atoms with Crippen molar-refractivity contribution in [3.05, 3.63) is 0 Å². The van der Waals surface area contributed by atoms with E-state index in [9.17, 15) is 13.2 Å². The number of nitrogens with one attached hydrogen (secondary N) is 1. The van der Waals surface area contributed by atoms with Crippen LogP contribution in [0, 0.1) is 0 Å². The predicted octanol–water partition coefficient (Wildman–Crippen LogP) is 2.38. The first-order valence-electron chi connectivity index (χ1n) is 3.87. The fraction of sp³-hybridized carbons (Fsp3) is 1.00. The molecular weight excluding hydrogens is 187 g/mol.